The van der Waals surface area contributed by atoms with Crippen molar-refractivity contribution in [2.75, 3.05) is 0 Å². The van der Waals surface area contributed by atoms with Crippen LogP contribution in [-0.2, 0) is 29.6 Å². The Morgan fingerprint density at radius 2 is 2.10 bits per heavy atom. The van der Waals surface area contributed by atoms with E-state index in [4.69, 9.17) is 4.52 Å². The minimum absolute atomic E-state index is 0.0519. The molecule has 2 rings (SSSR count). The molecule has 2 aromatic rings. The molecule has 0 saturated heterocycles. The van der Waals surface area contributed by atoms with Crippen molar-refractivity contribution in [2.45, 2.75) is 38.3 Å². The van der Waals surface area contributed by atoms with Gasteiger partial charge in [0.1, 0.15) is 0 Å². The molecule has 7 nitrogen and oxygen atoms in total. The van der Waals surface area contributed by atoms with Crippen LogP contribution in [0, 0.1) is 6.92 Å². The number of sulfonamides is 1. The van der Waals surface area contributed by atoms with Crippen LogP contribution in [0.15, 0.2) is 27.6 Å². The predicted molar refractivity (Wildman–Crippen MR) is 74.8 cm³/mol. The number of nitrogens with one attached hydrogen (secondary N) is 1. The third kappa shape index (κ3) is 3.66. The van der Waals surface area contributed by atoms with Gasteiger partial charge in [-0.1, -0.05) is 18.1 Å². The number of aliphatic hydroxyl groups excluding tert-OH is 1. The van der Waals surface area contributed by atoms with Crippen molar-refractivity contribution in [1.29, 1.82) is 0 Å². The summed E-state index contributed by atoms with van der Waals surface area (Å²) in [5, 5.41) is 12.9. The molecule has 1 aromatic carbocycles. The first-order valence-corrected chi connectivity index (χ1v) is 7.96. The second-order valence-corrected chi connectivity index (χ2v) is 6.26. The van der Waals surface area contributed by atoms with E-state index in [-0.39, 0.29) is 23.9 Å². The lowest BCUT2D eigenvalue weighted by molar-refractivity contribution is 0.280. The van der Waals surface area contributed by atoms with Crippen molar-refractivity contribution < 1.29 is 18.0 Å². The molecule has 2 N–H and O–H groups in total. The molecular formula is C13H17N3O4S. The minimum Gasteiger partial charge on any atom is -0.392 e. The van der Waals surface area contributed by atoms with E-state index in [1.165, 1.54) is 12.1 Å². The number of benzene rings is 1. The third-order valence-electron chi connectivity index (χ3n) is 3.03. The van der Waals surface area contributed by atoms with Crippen molar-refractivity contribution in [3.63, 3.8) is 0 Å². The zero-order chi connectivity index (χ0) is 15.5. The summed E-state index contributed by atoms with van der Waals surface area (Å²) in [5.74, 6) is 0.641. The highest BCUT2D eigenvalue weighted by atomic mass is 32.2. The maximum absolute atomic E-state index is 12.2. The zero-order valence-corrected chi connectivity index (χ0v) is 12.6. The molecule has 0 aliphatic rings. The number of rotatable bonds is 6. The molecule has 0 spiro atoms. The van der Waals surface area contributed by atoms with E-state index in [2.05, 4.69) is 14.9 Å². The molecule has 1 aromatic heterocycles. The van der Waals surface area contributed by atoms with Gasteiger partial charge in [-0.05, 0) is 29.7 Å². The maximum atomic E-state index is 12.2. The van der Waals surface area contributed by atoms with Crippen LogP contribution in [0.1, 0.15) is 29.8 Å². The lowest BCUT2D eigenvalue weighted by Gasteiger charge is -2.09. The summed E-state index contributed by atoms with van der Waals surface area (Å²) in [6.45, 7) is 3.32. The molecule has 0 bridgehead atoms. The summed E-state index contributed by atoms with van der Waals surface area (Å²) in [7, 11) is -3.69. The van der Waals surface area contributed by atoms with E-state index >= 15 is 0 Å². The Labute approximate surface area is 123 Å². The molecule has 0 aliphatic heterocycles. The average molecular weight is 311 g/mol. The van der Waals surface area contributed by atoms with Gasteiger partial charge in [-0.2, -0.15) is 4.98 Å². The highest BCUT2D eigenvalue weighted by molar-refractivity contribution is 7.89. The number of hydrogen-bond donors (Lipinski definition) is 2. The number of nitrogens with zero attached hydrogens (tertiary/aromatic N) is 2. The largest absolute Gasteiger partial charge is 0.392 e. The van der Waals surface area contributed by atoms with Crippen molar-refractivity contribution >= 4 is 10.0 Å². The van der Waals surface area contributed by atoms with E-state index < -0.39 is 10.0 Å². The second-order valence-electron chi connectivity index (χ2n) is 4.50. The highest BCUT2D eigenvalue weighted by Gasteiger charge is 2.16. The van der Waals surface area contributed by atoms with Gasteiger partial charge in [-0.3, -0.25) is 0 Å². The maximum Gasteiger partial charge on any atom is 0.240 e. The lowest BCUT2D eigenvalue weighted by atomic mass is 10.1. The van der Waals surface area contributed by atoms with Crippen LogP contribution in [0.4, 0.5) is 0 Å². The molecule has 0 radical (unpaired) electrons. The van der Waals surface area contributed by atoms with Gasteiger partial charge in [0, 0.05) is 6.92 Å². The summed E-state index contributed by atoms with van der Waals surface area (Å²) in [6, 6.07) is 4.70. The Morgan fingerprint density at radius 3 is 2.67 bits per heavy atom. The molecule has 8 heteroatoms. The second kappa shape index (κ2) is 6.33. The normalized spacial score (nSPS) is 11.8. The first-order chi connectivity index (χ1) is 9.96. The Morgan fingerprint density at radius 1 is 1.33 bits per heavy atom. The van der Waals surface area contributed by atoms with Gasteiger partial charge < -0.3 is 9.63 Å². The van der Waals surface area contributed by atoms with Crippen molar-refractivity contribution in [3.8, 4) is 0 Å². The van der Waals surface area contributed by atoms with Crippen LogP contribution in [-0.4, -0.2) is 23.7 Å². The van der Waals surface area contributed by atoms with Gasteiger partial charge in [-0.25, -0.2) is 13.1 Å². The van der Waals surface area contributed by atoms with Gasteiger partial charge >= 0.3 is 0 Å². The zero-order valence-electron chi connectivity index (χ0n) is 11.8. The molecular weight excluding hydrogens is 294 g/mol. The third-order valence-corrected chi connectivity index (χ3v) is 4.43. The van der Waals surface area contributed by atoms with Crippen molar-refractivity contribution in [3.05, 3.63) is 41.0 Å². The van der Waals surface area contributed by atoms with Gasteiger partial charge in [0.25, 0.3) is 0 Å². The van der Waals surface area contributed by atoms with Crippen LogP contribution in [0.25, 0.3) is 0 Å². The molecule has 114 valence electrons. The Kier molecular flexibility index (Phi) is 4.71. The van der Waals surface area contributed by atoms with Crippen LogP contribution >= 0.6 is 0 Å². The number of hydrogen-bond acceptors (Lipinski definition) is 6. The Hall–Kier alpha value is -1.77. The molecule has 0 aliphatic carbocycles. The van der Waals surface area contributed by atoms with Gasteiger partial charge in [0.15, 0.2) is 5.82 Å². The lowest BCUT2D eigenvalue weighted by Crippen LogP contribution is -2.24. The molecule has 0 unspecified atom stereocenters. The smallest absolute Gasteiger partial charge is 0.240 e. The predicted octanol–water partition coefficient (Wildman–Crippen LogP) is 0.911. The van der Waals surface area contributed by atoms with E-state index in [9.17, 15) is 13.5 Å². The highest BCUT2D eigenvalue weighted by Crippen LogP contribution is 2.17. The first kappa shape index (κ1) is 15.6. The first-order valence-electron chi connectivity index (χ1n) is 6.47. The minimum atomic E-state index is -3.69. The molecule has 1 heterocycles. The fourth-order valence-electron chi connectivity index (χ4n) is 1.92. The van der Waals surface area contributed by atoms with Gasteiger partial charge in [0.2, 0.25) is 15.9 Å². The quantitative estimate of drug-likeness (QED) is 0.821. The monoisotopic (exact) mass is 311 g/mol. The van der Waals surface area contributed by atoms with Crippen LogP contribution in [0.5, 0.6) is 0 Å². The summed E-state index contributed by atoms with van der Waals surface area (Å²) < 4.78 is 31.6. The summed E-state index contributed by atoms with van der Waals surface area (Å²) in [4.78, 5) is 4.02. The number of aliphatic hydroxyl groups is 1. The standard InChI is InChI=1S/C13H17N3O4S/c1-3-10-4-5-12(6-11(10)8-17)21(18,19)14-7-13-15-9(2)20-16-13/h4-6,14,17H,3,7-8H2,1-2H3. The van der Waals surface area contributed by atoms with Crippen LogP contribution in [0.2, 0.25) is 0 Å². The van der Waals surface area contributed by atoms with Crippen LogP contribution < -0.4 is 4.72 Å². The average Bonchev–Trinajstić information content (AvgIpc) is 2.90. The molecule has 0 fully saturated rings. The summed E-state index contributed by atoms with van der Waals surface area (Å²) in [5.41, 5.74) is 1.53. The molecule has 0 saturated carbocycles. The van der Waals surface area contributed by atoms with E-state index in [1.807, 2.05) is 6.92 Å². The molecule has 0 atom stereocenters. The fraction of sp³-hybridized carbons (Fsp3) is 0.385. The number of aryl methyl sites for hydroxylation is 2. The van der Waals surface area contributed by atoms with E-state index in [1.54, 1.807) is 13.0 Å². The topological polar surface area (TPSA) is 105 Å². The molecule has 21 heavy (non-hydrogen) atoms. The van der Waals surface area contributed by atoms with E-state index in [0.29, 0.717) is 11.5 Å². The molecule has 0 amide bonds. The summed E-state index contributed by atoms with van der Waals surface area (Å²) in [6.07, 6.45) is 0.728. The van der Waals surface area contributed by atoms with Gasteiger partial charge in [0.05, 0.1) is 18.0 Å². The SMILES string of the molecule is CCc1ccc(S(=O)(=O)NCc2noc(C)n2)cc1CO. The summed E-state index contributed by atoms with van der Waals surface area (Å²) >= 11 is 0. The van der Waals surface area contributed by atoms with Crippen molar-refractivity contribution in [2.24, 2.45) is 0 Å². The Balaban J connectivity index is 2.19. The van der Waals surface area contributed by atoms with Crippen LogP contribution in [0.3, 0.4) is 0 Å². The Bertz CT molecular complexity index is 725. The fourth-order valence-corrected chi connectivity index (χ4v) is 2.95. The van der Waals surface area contributed by atoms with Gasteiger partial charge in [-0.15, -0.1) is 0 Å². The number of aromatic nitrogens is 2. The van der Waals surface area contributed by atoms with Crippen molar-refractivity contribution in [1.82, 2.24) is 14.9 Å². The van der Waals surface area contributed by atoms with E-state index in [0.717, 1.165) is 12.0 Å².